The van der Waals surface area contributed by atoms with Gasteiger partial charge in [-0.05, 0) is 41.5 Å². The summed E-state index contributed by atoms with van der Waals surface area (Å²) in [5, 5.41) is 0. The SMILES string of the molecule is Fc1ccc(-c2cncc(CN3CCc4nc(-c5ccncc5)ncc4C3)c2)cc1. The Bertz CT molecular complexity index is 1160. The van der Waals surface area contributed by atoms with Crippen molar-refractivity contribution in [3.05, 3.63) is 96.1 Å². The Morgan fingerprint density at radius 1 is 0.867 bits per heavy atom. The predicted molar refractivity (Wildman–Crippen MR) is 113 cm³/mol. The number of hydrogen-bond donors (Lipinski definition) is 0. The molecule has 0 radical (unpaired) electrons. The molecule has 6 heteroatoms. The molecule has 0 amide bonds. The van der Waals surface area contributed by atoms with Gasteiger partial charge in [-0.1, -0.05) is 12.1 Å². The number of nitrogens with zero attached hydrogens (tertiary/aromatic N) is 5. The zero-order valence-corrected chi connectivity index (χ0v) is 16.4. The summed E-state index contributed by atoms with van der Waals surface area (Å²) in [4.78, 5) is 20.2. The fourth-order valence-corrected chi connectivity index (χ4v) is 3.78. The molecule has 4 heterocycles. The van der Waals surface area contributed by atoms with E-state index in [9.17, 15) is 4.39 Å². The topological polar surface area (TPSA) is 54.8 Å². The van der Waals surface area contributed by atoms with Crippen molar-refractivity contribution in [1.29, 1.82) is 0 Å². The van der Waals surface area contributed by atoms with Gasteiger partial charge in [0, 0.05) is 73.7 Å². The highest BCUT2D eigenvalue weighted by Crippen LogP contribution is 2.24. The van der Waals surface area contributed by atoms with Crippen LogP contribution in [-0.4, -0.2) is 31.4 Å². The Morgan fingerprint density at radius 3 is 2.53 bits per heavy atom. The quantitative estimate of drug-likeness (QED) is 0.514. The lowest BCUT2D eigenvalue weighted by Gasteiger charge is -2.28. The van der Waals surface area contributed by atoms with Gasteiger partial charge in [-0.3, -0.25) is 14.9 Å². The average molecular weight is 397 g/mol. The Morgan fingerprint density at radius 2 is 1.70 bits per heavy atom. The molecule has 0 spiro atoms. The van der Waals surface area contributed by atoms with Gasteiger partial charge in [0.05, 0.1) is 5.69 Å². The molecule has 148 valence electrons. The smallest absolute Gasteiger partial charge is 0.159 e. The molecule has 0 saturated carbocycles. The van der Waals surface area contributed by atoms with Crippen molar-refractivity contribution in [2.75, 3.05) is 6.54 Å². The van der Waals surface area contributed by atoms with Gasteiger partial charge in [0.2, 0.25) is 0 Å². The van der Waals surface area contributed by atoms with Crippen LogP contribution < -0.4 is 0 Å². The van der Waals surface area contributed by atoms with E-state index < -0.39 is 0 Å². The number of benzene rings is 1. The van der Waals surface area contributed by atoms with E-state index in [0.717, 1.165) is 59.8 Å². The molecule has 4 aromatic rings. The molecule has 0 atom stereocenters. The van der Waals surface area contributed by atoms with Crippen LogP contribution in [0.3, 0.4) is 0 Å². The van der Waals surface area contributed by atoms with Gasteiger partial charge >= 0.3 is 0 Å². The lowest BCUT2D eigenvalue weighted by Crippen LogP contribution is -2.31. The first-order valence-electron chi connectivity index (χ1n) is 9.92. The van der Waals surface area contributed by atoms with E-state index in [1.807, 2.05) is 30.7 Å². The molecule has 0 N–H and O–H groups in total. The number of pyridine rings is 2. The molecule has 3 aromatic heterocycles. The zero-order chi connectivity index (χ0) is 20.3. The molecule has 5 nitrogen and oxygen atoms in total. The van der Waals surface area contributed by atoms with E-state index in [0.29, 0.717) is 0 Å². The molecule has 1 aliphatic rings. The van der Waals surface area contributed by atoms with Gasteiger partial charge < -0.3 is 0 Å². The molecule has 1 aliphatic heterocycles. The molecular formula is C24H20FN5. The average Bonchev–Trinajstić information content (AvgIpc) is 2.80. The fraction of sp³-hybridized carbons (Fsp3) is 0.167. The van der Waals surface area contributed by atoms with Crippen molar-refractivity contribution in [2.24, 2.45) is 0 Å². The highest BCUT2D eigenvalue weighted by molar-refractivity contribution is 5.62. The van der Waals surface area contributed by atoms with Crippen LogP contribution in [0.1, 0.15) is 16.8 Å². The Hall–Kier alpha value is -3.51. The molecule has 5 rings (SSSR count). The van der Waals surface area contributed by atoms with Gasteiger partial charge in [0.1, 0.15) is 5.82 Å². The van der Waals surface area contributed by atoms with Crippen molar-refractivity contribution >= 4 is 0 Å². The third-order valence-corrected chi connectivity index (χ3v) is 5.33. The highest BCUT2D eigenvalue weighted by atomic mass is 19.1. The van der Waals surface area contributed by atoms with Crippen LogP contribution >= 0.6 is 0 Å². The number of aromatic nitrogens is 4. The number of hydrogen-bond acceptors (Lipinski definition) is 5. The molecule has 0 unspecified atom stereocenters. The van der Waals surface area contributed by atoms with Crippen LogP contribution in [0.5, 0.6) is 0 Å². The molecule has 0 saturated heterocycles. The van der Waals surface area contributed by atoms with E-state index in [2.05, 4.69) is 25.9 Å². The van der Waals surface area contributed by atoms with Crippen LogP contribution in [-0.2, 0) is 19.5 Å². The van der Waals surface area contributed by atoms with E-state index in [4.69, 9.17) is 4.98 Å². The molecule has 30 heavy (non-hydrogen) atoms. The van der Waals surface area contributed by atoms with Gasteiger partial charge in [0.25, 0.3) is 0 Å². The predicted octanol–water partition coefficient (Wildman–Crippen LogP) is 4.30. The van der Waals surface area contributed by atoms with Crippen LogP contribution in [0, 0.1) is 5.82 Å². The summed E-state index contributed by atoms with van der Waals surface area (Å²) in [6.45, 7) is 2.54. The van der Waals surface area contributed by atoms with Crippen molar-refractivity contribution < 1.29 is 4.39 Å². The second-order valence-corrected chi connectivity index (χ2v) is 7.45. The maximum absolute atomic E-state index is 13.2. The third-order valence-electron chi connectivity index (χ3n) is 5.33. The van der Waals surface area contributed by atoms with Gasteiger partial charge in [0.15, 0.2) is 5.82 Å². The van der Waals surface area contributed by atoms with Crippen molar-refractivity contribution in [3.63, 3.8) is 0 Å². The summed E-state index contributed by atoms with van der Waals surface area (Å²) in [7, 11) is 0. The molecule has 0 fully saturated rings. The largest absolute Gasteiger partial charge is 0.294 e. The summed E-state index contributed by atoms with van der Waals surface area (Å²) in [5.41, 5.74) is 6.36. The Balaban J connectivity index is 1.31. The highest BCUT2D eigenvalue weighted by Gasteiger charge is 2.19. The first kappa shape index (κ1) is 18.5. The maximum atomic E-state index is 13.2. The number of halogens is 1. The number of rotatable bonds is 4. The lowest BCUT2D eigenvalue weighted by molar-refractivity contribution is 0.242. The molecule has 0 aliphatic carbocycles. The Kier molecular flexibility index (Phi) is 4.99. The maximum Gasteiger partial charge on any atom is 0.159 e. The summed E-state index contributed by atoms with van der Waals surface area (Å²) in [6, 6.07) is 12.5. The number of fused-ring (bicyclic) bond motifs is 1. The summed E-state index contributed by atoms with van der Waals surface area (Å²) < 4.78 is 13.2. The van der Waals surface area contributed by atoms with Crippen LogP contribution in [0.2, 0.25) is 0 Å². The van der Waals surface area contributed by atoms with Crippen LogP contribution in [0.15, 0.2) is 73.4 Å². The standard InChI is InChI=1S/C24H20FN5/c25-22-3-1-18(2-4-22)20-11-17(12-27-13-20)15-30-10-7-23-21(16-30)14-28-24(29-23)19-5-8-26-9-6-19/h1-6,8-9,11-14H,7,10,15-16H2. The molecule has 0 bridgehead atoms. The van der Waals surface area contributed by atoms with Gasteiger partial charge in [-0.15, -0.1) is 0 Å². The molecular weight excluding hydrogens is 377 g/mol. The molecule has 1 aromatic carbocycles. The van der Waals surface area contributed by atoms with Crippen molar-refractivity contribution in [3.8, 4) is 22.5 Å². The second-order valence-electron chi connectivity index (χ2n) is 7.45. The van der Waals surface area contributed by atoms with Crippen molar-refractivity contribution in [2.45, 2.75) is 19.5 Å². The summed E-state index contributed by atoms with van der Waals surface area (Å²) >= 11 is 0. The van der Waals surface area contributed by atoms with E-state index in [-0.39, 0.29) is 5.82 Å². The second kappa shape index (κ2) is 8.08. The summed E-state index contributed by atoms with van der Waals surface area (Å²) in [5.74, 6) is 0.518. The van der Waals surface area contributed by atoms with E-state index >= 15 is 0 Å². The van der Waals surface area contributed by atoms with E-state index in [1.165, 1.54) is 17.7 Å². The Labute approximate surface area is 174 Å². The zero-order valence-electron chi connectivity index (χ0n) is 16.4. The summed E-state index contributed by atoms with van der Waals surface area (Å²) in [6.07, 6.45) is 10.1. The first-order chi connectivity index (χ1) is 14.7. The van der Waals surface area contributed by atoms with Crippen LogP contribution in [0.25, 0.3) is 22.5 Å². The fourth-order valence-electron chi connectivity index (χ4n) is 3.78. The van der Waals surface area contributed by atoms with E-state index in [1.54, 1.807) is 24.5 Å². The minimum Gasteiger partial charge on any atom is -0.294 e. The lowest BCUT2D eigenvalue weighted by atomic mass is 10.0. The first-order valence-corrected chi connectivity index (χ1v) is 9.92. The minimum atomic E-state index is -0.232. The van der Waals surface area contributed by atoms with Crippen LogP contribution in [0.4, 0.5) is 4.39 Å². The van der Waals surface area contributed by atoms with Crippen molar-refractivity contribution in [1.82, 2.24) is 24.8 Å². The minimum absolute atomic E-state index is 0.232. The third kappa shape index (κ3) is 3.95. The normalized spacial score (nSPS) is 13.8. The monoisotopic (exact) mass is 397 g/mol. The van der Waals surface area contributed by atoms with Gasteiger partial charge in [-0.25, -0.2) is 14.4 Å². The van der Waals surface area contributed by atoms with Gasteiger partial charge in [-0.2, -0.15) is 0 Å².